The molecule has 1 atom stereocenters. The molecule has 1 N–H and O–H groups in total. The molecule has 5 nitrogen and oxygen atoms in total. The zero-order valence-electron chi connectivity index (χ0n) is 20.2. The largest absolute Gasteiger partial charge is 0.334 e. The van der Waals surface area contributed by atoms with Crippen molar-refractivity contribution in [3.8, 4) is 34.0 Å². The van der Waals surface area contributed by atoms with Gasteiger partial charge in [0.1, 0.15) is 13.0 Å². The molecule has 0 aliphatic heterocycles. The summed E-state index contributed by atoms with van der Waals surface area (Å²) in [6.07, 6.45) is 5.05. The van der Waals surface area contributed by atoms with E-state index in [1.807, 2.05) is 49.4 Å². The number of aldehydes is 1. The third-order valence-electron chi connectivity index (χ3n) is 7.63. The van der Waals surface area contributed by atoms with Crippen molar-refractivity contribution in [2.45, 2.75) is 51.4 Å². The fraction of sp³-hybridized carbons (Fsp3) is 0.300. The molecule has 2 aliphatic rings. The number of aromatic nitrogens is 2. The number of rotatable bonds is 7. The van der Waals surface area contributed by atoms with Crippen molar-refractivity contribution in [3.63, 3.8) is 0 Å². The highest BCUT2D eigenvalue weighted by molar-refractivity contribution is 5.74. The first-order valence-electron chi connectivity index (χ1n) is 12.6. The van der Waals surface area contributed by atoms with E-state index in [-0.39, 0.29) is 5.92 Å². The van der Waals surface area contributed by atoms with Gasteiger partial charge in [-0.2, -0.15) is 4.98 Å². The van der Waals surface area contributed by atoms with Crippen LogP contribution in [0, 0.1) is 12.8 Å². The first kappa shape index (κ1) is 22.8. The molecule has 182 valence electrons. The minimum Gasteiger partial charge on any atom is -0.334 e. The Bertz CT molecular complexity index is 1420. The number of alkyl halides is 1. The van der Waals surface area contributed by atoms with Gasteiger partial charge in [0, 0.05) is 29.1 Å². The van der Waals surface area contributed by atoms with Crippen LogP contribution in [0.5, 0.6) is 0 Å². The monoisotopic (exact) mass is 481 g/mol. The Morgan fingerprint density at radius 2 is 1.89 bits per heavy atom. The van der Waals surface area contributed by atoms with Crippen LogP contribution in [0.2, 0.25) is 0 Å². The number of benzene rings is 3. The summed E-state index contributed by atoms with van der Waals surface area (Å²) in [6.45, 7) is 1.52. The second-order valence-corrected chi connectivity index (χ2v) is 9.98. The van der Waals surface area contributed by atoms with Crippen LogP contribution in [-0.4, -0.2) is 22.5 Å². The van der Waals surface area contributed by atoms with Crippen molar-refractivity contribution in [3.05, 3.63) is 82.9 Å². The first-order valence-corrected chi connectivity index (χ1v) is 12.6. The molecule has 36 heavy (non-hydrogen) atoms. The molecule has 6 heteroatoms. The molecule has 2 aliphatic carbocycles. The van der Waals surface area contributed by atoms with Crippen LogP contribution in [0.4, 0.5) is 4.39 Å². The molecule has 3 aromatic carbocycles. The van der Waals surface area contributed by atoms with Crippen molar-refractivity contribution in [1.82, 2.24) is 15.5 Å². The van der Waals surface area contributed by atoms with Gasteiger partial charge in [0.05, 0.1) is 0 Å². The van der Waals surface area contributed by atoms with Crippen LogP contribution in [0.25, 0.3) is 34.0 Å². The summed E-state index contributed by atoms with van der Waals surface area (Å²) in [4.78, 5) is 15.6. The summed E-state index contributed by atoms with van der Waals surface area (Å²) < 4.78 is 19.1. The van der Waals surface area contributed by atoms with Gasteiger partial charge in [-0.15, -0.1) is 0 Å². The van der Waals surface area contributed by atoms with Gasteiger partial charge in [-0.05, 0) is 84.2 Å². The SMILES string of the molecule is Cc1cc(-c2nc(-c3ccc4c(c3)CCC4N[C@H]3C[C@H](C=O)C3)no2)ccc1-c1ccccc1CF. The summed E-state index contributed by atoms with van der Waals surface area (Å²) in [6, 6.07) is 20.7. The fourth-order valence-corrected chi connectivity index (χ4v) is 5.58. The highest BCUT2D eigenvalue weighted by Crippen LogP contribution is 2.37. The first-order chi connectivity index (χ1) is 17.6. The molecular formula is C30H28FN3O2. The van der Waals surface area contributed by atoms with E-state index in [4.69, 9.17) is 4.52 Å². The molecule has 6 rings (SSSR count). The molecule has 0 radical (unpaired) electrons. The van der Waals surface area contributed by atoms with Crippen molar-refractivity contribution in [1.29, 1.82) is 0 Å². The summed E-state index contributed by atoms with van der Waals surface area (Å²) in [5.41, 5.74) is 8.03. The number of nitrogens with zero attached hydrogens (tertiary/aromatic N) is 2. The molecule has 0 amide bonds. The van der Waals surface area contributed by atoms with Crippen molar-refractivity contribution in [2.24, 2.45) is 5.92 Å². The predicted octanol–water partition coefficient (Wildman–Crippen LogP) is 6.40. The molecule has 0 spiro atoms. The molecule has 1 aromatic heterocycles. The second kappa shape index (κ2) is 9.43. The molecule has 1 unspecified atom stereocenters. The molecule has 4 aromatic rings. The van der Waals surface area contributed by atoms with Crippen LogP contribution in [0.1, 0.15) is 47.6 Å². The second-order valence-electron chi connectivity index (χ2n) is 9.98. The van der Waals surface area contributed by atoms with Gasteiger partial charge in [0.25, 0.3) is 5.89 Å². The third kappa shape index (κ3) is 4.16. The Morgan fingerprint density at radius 3 is 2.69 bits per heavy atom. The minimum absolute atomic E-state index is 0.226. The van der Waals surface area contributed by atoms with E-state index in [9.17, 15) is 9.18 Å². The number of aryl methyl sites for hydroxylation is 2. The van der Waals surface area contributed by atoms with Gasteiger partial charge in [-0.25, -0.2) is 4.39 Å². The van der Waals surface area contributed by atoms with Gasteiger partial charge in [0.15, 0.2) is 0 Å². The fourth-order valence-electron chi connectivity index (χ4n) is 5.58. The van der Waals surface area contributed by atoms with Gasteiger partial charge < -0.3 is 14.6 Å². The zero-order chi connectivity index (χ0) is 24.6. The molecule has 0 saturated heterocycles. The molecule has 1 saturated carbocycles. The summed E-state index contributed by atoms with van der Waals surface area (Å²) >= 11 is 0. The summed E-state index contributed by atoms with van der Waals surface area (Å²) in [7, 11) is 0. The minimum atomic E-state index is -0.497. The van der Waals surface area contributed by atoms with Crippen LogP contribution < -0.4 is 5.32 Å². The van der Waals surface area contributed by atoms with E-state index >= 15 is 0 Å². The molecule has 1 heterocycles. The number of hydrogen-bond donors (Lipinski definition) is 1. The highest BCUT2D eigenvalue weighted by atomic mass is 19.1. The lowest BCUT2D eigenvalue weighted by atomic mass is 9.81. The predicted molar refractivity (Wildman–Crippen MR) is 137 cm³/mol. The smallest absolute Gasteiger partial charge is 0.258 e. The molecule has 0 bridgehead atoms. The maximum atomic E-state index is 13.5. The van der Waals surface area contributed by atoms with Crippen LogP contribution >= 0.6 is 0 Å². The number of fused-ring (bicyclic) bond motifs is 1. The maximum Gasteiger partial charge on any atom is 0.258 e. The molecule has 1 fully saturated rings. The van der Waals surface area contributed by atoms with E-state index in [2.05, 4.69) is 33.7 Å². The van der Waals surface area contributed by atoms with Crippen LogP contribution in [-0.2, 0) is 17.9 Å². The maximum absolute atomic E-state index is 13.5. The standard InChI is InChI=1S/C30H28FN3O2/c1-18-12-22(7-9-25(18)26-5-3-2-4-23(26)16-31)30-33-29(34-36-30)21-6-10-27-20(15-21)8-11-28(27)32-24-13-19(14-24)17-35/h2-7,9-10,12,15,17,19,24,28,32H,8,11,13-14,16H2,1H3/t19-,24-,28?. The van der Waals surface area contributed by atoms with Gasteiger partial charge in [-0.1, -0.05) is 47.6 Å². The number of halogens is 1. The average Bonchev–Trinajstić information content (AvgIpc) is 3.53. The lowest BCUT2D eigenvalue weighted by molar-refractivity contribution is -0.113. The van der Waals surface area contributed by atoms with Gasteiger partial charge in [0.2, 0.25) is 5.82 Å². The number of hydrogen-bond acceptors (Lipinski definition) is 5. The summed E-state index contributed by atoms with van der Waals surface area (Å²) in [5.74, 6) is 1.26. The van der Waals surface area contributed by atoms with E-state index < -0.39 is 6.67 Å². The summed E-state index contributed by atoms with van der Waals surface area (Å²) in [5, 5.41) is 7.97. The number of carbonyl (C=O) groups excluding carboxylic acids is 1. The Labute approximate surface area is 209 Å². The van der Waals surface area contributed by atoms with Crippen LogP contribution in [0.3, 0.4) is 0 Å². The quantitative estimate of drug-likeness (QED) is 0.309. The Kier molecular flexibility index (Phi) is 5.97. The van der Waals surface area contributed by atoms with Crippen molar-refractivity contribution in [2.75, 3.05) is 0 Å². The number of carbonyl (C=O) groups is 1. The Hall–Kier alpha value is -3.64. The lowest BCUT2D eigenvalue weighted by Gasteiger charge is -2.35. The molecular weight excluding hydrogens is 453 g/mol. The zero-order valence-corrected chi connectivity index (χ0v) is 20.2. The van der Waals surface area contributed by atoms with E-state index in [0.717, 1.165) is 59.8 Å². The van der Waals surface area contributed by atoms with Crippen molar-refractivity contribution >= 4 is 6.29 Å². The van der Waals surface area contributed by atoms with Gasteiger partial charge in [-0.3, -0.25) is 0 Å². The Morgan fingerprint density at radius 1 is 1.06 bits per heavy atom. The third-order valence-corrected chi connectivity index (χ3v) is 7.63. The Balaban J connectivity index is 1.20. The number of nitrogens with one attached hydrogen (secondary N) is 1. The highest BCUT2D eigenvalue weighted by Gasteiger charge is 2.32. The van der Waals surface area contributed by atoms with Crippen molar-refractivity contribution < 1.29 is 13.7 Å². The van der Waals surface area contributed by atoms with E-state index in [0.29, 0.717) is 29.4 Å². The van der Waals surface area contributed by atoms with E-state index in [1.165, 1.54) is 11.1 Å². The topological polar surface area (TPSA) is 68.0 Å². The van der Waals surface area contributed by atoms with E-state index in [1.54, 1.807) is 0 Å². The van der Waals surface area contributed by atoms with Crippen LogP contribution in [0.15, 0.2) is 65.2 Å². The average molecular weight is 482 g/mol. The normalized spacial score (nSPS) is 20.7. The van der Waals surface area contributed by atoms with Gasteiger partial charge >= 0.3 is 0 Å². The lowest BCUT2D eigenvalue weighted by Crippen LogP contribution is -2.43.